The predicted molar refractivity (Wildman–Crippen MR) is 89.4 cm³/mol. The maximum Gasteiger partial charge on any atom is 0.410 e. The quantitative estimate of drug-likeness (QED) is 0.465. The molecule has 0 saturated carbocycles. The standard InChI is InChI=1S/C17H31NO6/c1-7-12(5)9-17(6,10-13(19)20)18-16(22)24-15(11(3)4)23-14(21)8-2/h11-12,15H,7-10H2,1-6H3,(H,18,22)(H,19,20)/t12-,15-,17+/m1/s1. The third-order valence-electron chi connectivity index (χ3n) is 3.74. The Balaban J connectivity index is 4.95. The number of rotatable bonds is 10. The van der Waals surface area contributed by atoms with Gasteiger partial charge in [0.15, 0.2) is 0 Å². The SMILES string of the molecule is CCC(=O)O[C@H](OC(=O)N[C@](C)(CC(=O)O)C[C@H](C)CC)C(C)C. The molecule has 0 radical (unpaired) electrons. The summed E-state index contributed by atoms with van der Waals surface area (Å²) in [6.07, 6.45) is -0.451. The fourth-order valence-electron chi connectivity index (χ4n) is 2.31. The summed E-state index contributed by atoms with van der Waals surface area (Å²) in [5, 5.41) is 11.7. The van der Waals surface area contributed by atoms with E-state index in [1.165, 1.54) is 0 Å². The highest BCUT2D eigenvalue weighted by molar-refractivity contribution is 5.73. The number of carboxylic acids is 1. The van der Waals surface area contributed by atoms with Gasteiger partial charge in [-0.25, -0.2) is 4.79 Å². The Morgan fingerprint density at radius 1 is 1.12 bits per heavy atom. The molecule has 7 heteroatoms. The van der Waals surface area contributed by atoms with E-state index < -0.39 is 29.9 Å². The van der Waals surface area contributed by atoms with Crippen LogP contribution in [-0.2, 0) is 19.1 Å². The molecule has 0 rings (SSSR count). The van der Waals surface area contributed by atoms with Crippen LogP contribution >= 0.6 is 0 Å². The molecule has 0 bridgehead atoms. The molecular weight excluding hydrogens is 314 g/mol. The summed E-state index contributed by atoms with van der Waals surface area (Å²) in [5.74, 6) is -1.44. The number of esters is 1. The minimum Gasteiger partial charge on any atom is -0.481 e. The van der Waals surface area contributed by atoms with E-state index in [4.69, 9.17) is 14.6 Å². The van der Waals surface area contributed by atoms with Gasteiger partial charge in [0, 0.05) is 12.3 Å². The lowest BCUT2D eigenvalue weighted by Crippen LogP contribution is -2.50. The first-order valence-electron chi connectivity index (χ1n) is 8.43. The van der Waals surface area contributed by atoms with Gasteiger partial charge < -0.3 is 19.9 Å². The molecule has 0 aromatic carbocycles. The number of amides is 1. The minimum atomic E-state index is -1.00. The Labute approximate surface area is 144 Å². The Kier molecular flexibility index (Phi) is 9.40. The van der Waals surface area contributed by atoms with Crippen molar-refractivity contribution in [1.29, 1.82) is 0 Å². The second-order valence-electron chi connectivity index (χ2n) is 6.83. The van der Waals surface area contributed by atoms with Gasteiger partial charge in [-0.3, -0.25) is 9.59 Å². The highest BCUT2D eigenvalue weighted by Crippen LogP contribution is 2.23. The first kappa shape index (κ1) is 22.2. The van der Waals surface area contributed by atoms with Gasteiger partial charge in [-0.1, -0.05) is 41.0 Å². The maximum absolute atomic E-state index is 12.2. The first-order chi connectivity index (χ1) is 11.0. The van der Waals surface area contributed by atoms with Crippen molar-refractivity contribution in [2.24, 2.45) is 11.8 Å². The van der Waals surface area contributed by atoms with E-state index in [9.17, 15) is 14.4 Å². The number of nitrogens with one attached hydrogen (secondary N) is 1. The molecule has 0 aromatic rings. The van der Waals surface area contributed by atoms with Crippen LogP contribution in [0.1, 0.15) is 67.2 Å². The van der Waals surface area contributed by atoms with E-state index >= 15 is 0 Å². The molecule has 3 atom stereocenters. The normalized spacial score (nSPS) is 16.0. The fraction of sp³-hybridized carbons (Fsp3) is 0.824. The first-order valence-corrected chi connectivity index (χ1v) is 8.43. The van der Waals surface area contributed by atoms with E-state index in [1.807, 2.05) is 13.8 Å². The number of hydrogen-bond acceptors (Lipinski definition) is 5. The number of aliphatic carboxylic acids is 1. The number of carbonyl (C=O) groups is 3. The summed E-state index contributed by atoms with van der Waals surface area (Å²) >= 11 is 0. The van der Waals surface area contributed by atoms with Crippen LogP contribution < -0.4 is 5.32 Å². The second kappa shape index (κ2) is 10.2. The van der Waals surface area contributed by atoms with Gasteiger partial charge in [0.25, 0.3) is 6.29 Å². The van der Waals surface area contributed by atoms with Crippen LogP contribution in [0.25, 0.3) is 0 Å². The monoisotopic (exact) mass is 345 g/mol. The summed E-state index contributed by atoms with van der Waals surface area (Å²) in [4.78, 5) is 34.7. The van der Waals surface area contributed by atoms with E-state index in [0.29, 0.717) is 6.42 Å². The largest absolute Gasteiger partial charge is 0.481 e. The summed E-state index contributed by atoms with van der Waals surface area (Å²) in [6, 6.07) is 0. The van der Waals surface area contributed by atoms with Gasteiger partial charge in [0.05, 0.1) is 12.0 Å². The lowest BCUT2D eigenvalue weighted by Gasteiger charge is -2.32. The summed E-state index contributed by atoms with van der Waals surface area (Å²) in [7, 11) is 0. The van der Waals surface area contributed by atoms with Crippen LogP contribution in [0.2, 0.25) is 0 Å². The molecule has 7 nitrogen and oxygen atoms in total. The van der Waals surface area contributed by atoms with Gasteiger partial charge in [0.1, 0.15) is 0 Å². The molecule has 0 aliphatic carbocycles. The summed E-state index contributed by atoms with van der Waals surface area (Å²) in [5.41, 5.74) is -0.936. The smallest absolute Gasteiger partial charge is 0.410 e. The lowest BCUT2D eigenvalue weighted by atomic mass is 9.86. The fourth-order valence-corrected chi connectivity index (χ4v) is 2.31. The zero-order valence-electron chi connectivity index (χ0n) is 15.5. The van der Waals surface area contributed by atoms with Gasteiger partial charge in [-0.05, 0) is 19.3 Å². The van der Waals surface area contributed by atoms with Crippen molar-refractivity contribution in [3.05, 3.63) is 0 Å². The highest BCUT2D eigenvalue weighted by atomic mass is 16.7. The topological polar surface area (TPSA) is 102 Å². The molecule has 0 spiro atoms. The molecule has 1 amide bonds. The minimum absolute atomic E-state index is 0.180. The van der Waals surface area contributed by atoms with Crippen molar-refractivity contribution in [3.63, 3.8) is 0 Å². The van der Waals surface area contributed by atoms with Gasteiger partial charge >= 0.3 is 18.0 Å². The van der Waals surface area contributed by atoms with Crippen LogP contribution in [0.4, 0.5) is 4.79 Å². The predicted octanol–water partition coefficient (Wildman–Crippen LogP) is 3.32. The van der Waals surface area contributed by atoms with Crippen molar-refractivity contribution in [2.45, 2.75) is 79.1 Å². The van der Waals surface area contributed by atoms with E-state index in [0.717, 1.165) is 6.42 Å². The van der Waals surface area contributed by atoms with Crippen molar-refractivity contribution >= 4 is 18.0 Å². The Bertz CT molecular complexity index is 437. The Morgan fingerprint density at radius 3 is 2.12 bits per heavy atom. The van der Waals surface area contributed by atoms with Crippen molar-refractivity contribution in [3.8, 4) is 0 Å². The number of hydrogen-bond donors (Lipinski definition) is 2. The molecule has 0 aliphatic heterocycles. The van der Waals surface area contributed by atoms with Crippen molar-refractivity contribution in [2.75, 3.05) is 0 Å². The number of alkyl carbamates (subject to hydrolysis) is 1. The van der Waals surface area contributed by atoms with Crippen LogP contribution in [0.5, 0.6) is 0 Å². The summed E-state index contributed by atoms with van der Waals surface area (Å²) in [6.45, 7) is 10.8. The van der Waals surface area contributed by atoms with Crippen LogP contribution in [0.3, 0.4) is 0 Å². The molecule has 24 heavy (non-hydrogen) atoms. The molecule has 0 unspecified atom stereocenters. The van der Waals surface area contributed by atoms with Gasteiger partial charge in [-0.2, -0.15) is 0 Å². The van der Waals surface area contributed by atoms with Crippen LogP contribution in [0.15, 0.2) is 0 Å². The average molecular weight is 345 g/mol. The average Bonchev–Trinajstić information content (AvgIpc) is 2.44. The van der Waals surface area contributed by atoms with Crippen LogP contribution in [0, 0.1) is 11.8 Å². The lowest BCUT2D eigenvalue weighted by molar-refractivity contribution is -0.174. The molecule has 0 aromatic heterocycles. The molecule has 140 valence electrons. The molecule has 0 fully saturated rings. The molecule has 0 saturated heterocycles. The number of carboxylic acid groups (broad SMARTS) is 1. The van der Waals surface area contributed by atoms with Gasteiger partial charge in [-0.15, -0.1) is 0 Å². The number of carbonyl (C=O) groups excluding carboxylic acids is 2. The van der Waals surface area contributed by atoms with Crippen molar-refractivity contribution < 1.29 is 29.0 Å². The maximum atomic E-state index is 12.2. The Morgan fingerprint density at radius 2 is 1.71 bits per heavy atom. The van der Waals surface area contributed by atoms with E-state index in [2.05, 4.69) is 5.32 Å². The summed E-state index contributed by atoms with van der Waals surface area (Å²) < 4.78 is 10.3. The zero-order valence-corrected chi connectivity index (χ0v) is 15.5. The molecule has 2 N–H and O–H groups in total. The highest BCUT2D eigenvalue weighted by Gasteiger charge is 2.33. The third kappa shape index (κ3) is 8.74. The molecular formula is C17H31NO6. The molecule has 0 aliphatic rings. The zero-order chi connectivity index (χ0) is 18.9. The molecule has 0 heterocycles. The van der Waals surface area contributed by atoms with E-state index in [1.54, 1.807) is 27.7 Å². The second-order valence-corrected chi connectivity index (χ2v) is 6.83. The number of ether oxygens (including phenoxy) is 2. The Hall–Kier alpha value is -1.79. The van der Waals surface area contributed by atoms with E-state index in [-0.39, 0.29) is 24.7 Å². The van der Waals surface area contributed by atoms with Crippen LogP contribution in [-0.4, -0.2) is 35.0 Å². The van der Waals surface area contributed by atoms with Gasteiger partial charge in [0.2, 0.25) is 0 Å². The third-order valence-corrected chi connectivity index (χ3v) is 3.74. The van der Waals surface area contributed by atoms with Crippen molar-refractivity contribution in [1.82, 2.24) is 5.32 Å².